The Balaban J connectivity index is 2.15. The van der Waals surface area contributed by atoms with Gasteiger partial charge >= 0.3 is 0 Å². The average Bonchev–Trinajstić information content (AvgIpc) is 2.62. The van der Waals surface area contributed by atoms with Crippen LogP contribution in [-0.2, 0) is 4.79 Å². The van der Waals surface area contributed by atoms with E-state index in [9.17, 15) is 4.79 Å². The van der Waals surface area contributed by atoms with Gasteiger partial charge in [0, 0.05) is 17.1 Å². The number of para-hydroxylation sites is 1. The standard InChI is InChI=1S/C20H19N3O/c21-16-11-13-18(14-12-16)23(17-9-5-2-6-10-17)19(20(22)24)15-7-3-1-4-8-15/h1-14,19H,21H2,(H2,22,24). The van der Waals surface area contributed by atoms with E-state index >= 15 is 0 Å². The summed E-state index contributed by atoms with van der Waals surface area (Å²) >= 11 is 0. The van der Waals surface area contributed by atoms with Crippen LogP contribution < -0.4 is 16.4 Å². The highest BCUT2D eigenvalue weighted by molar-refractivity contribution is 5.88. The maximum absolute atomic E-state index is 12.3. The number of carbonyl (C=O) groups excluding carboxylic acids is 1. The molecule has 0 spiro atoms. The molecule has 0 saturated carbocycles. The fourth-order valence-corrected chi connectivity index (χ4v) is 2.75. The molecule has 4 heteroatoms. The lowest BCUT2D eigenvalue weighted by Crippen LogP contribution is -2.35. The molecule has 3 rings (SSSR count). The third-order valence-corrected chi connectivity index (χ3v) is 3.85. The van der Waals surface area contributed by atoms with Crippen LogP contribution in [0.15, 0.2) is 84.9 Å². The van der Waals surface area contributed by atoms with Gasteiger partial charge in [-0.05, 0) is 42.0 Å². The number of benzene rings is 3. The normalized spacial score (nSPS) is 11.7. The summed E-state index contributed by atoms with van der Waals surface area (Å²) in [7, 11) is 0. The minimum atomic E-state index is -0.614. The summed E-state index contributed by atoms with van der Waals surface area (Å²) in [4.78, 5) is 14.2. The highest BCUT2D eigenvalue weighted by Crippen LogP contribution is 2.35. The molecule has 0 aromatic heterocycles. The number of nitrogens with two attached hydrogens (primary N) is 2. The van der Waals surface area contributed by atoms with Crippen LogP contribution in [-0.4, -0.2) is 5.91 Å². The molecule has 0 fully saturated rings. The van der Waals surface area contributed by atoms with Crippen LogP contribution in [0.4, 0.5) is 17.1 Å². The summed E-state index contributed by atoms with van der Waals surface area (Å²) in [5, 5.41) is 0. The number of nitrogen functional groups attached to an aromatic ring is 1. The van der Waals surface area contributed by atoms with E-state index in [-0.39, 0.29) is 0 Å². The molecular formula is C20H19N3O. The van der Waals surface area contributed by atoms with E-state index in [1.807, 2.05) is 89.8 Å². The van der Waals surface area contributed by atoms with Crippen LogP contribution in [0.5, 0.6) is 0 Å². The van der Waals surface area contributed by atoms with Gasteiger partial charge < -0.3 is 16.4 Å². The number of hydrogen-bond acceptors (Lipinski definition) is 3. The number of carbonyl (C=O) groups is 1. The summed E-state index contributed by atoms with van der Waals surface area (Å²) in [6.07, 6.45) is 0. The van der Waals surface area contributed by atoms with E-state index < -0.39 is 11.9 Å². The Labute approximate surface area is 141 Å². The SMILES string of the molecule is NC(=O)C(c1ccccc1)N(c1ccccc1)c1ccc(N)cc1. The number of nitrogens with zero attached hydrogens (tertiary/aromatic N) is 1. The first-order valence-electron chi connectivity index (χ1n) is 7.71. The first-order valence-corrected chi connectivity index (χ1v) is 7.71. The molecule has 4 nitrogen and oxygen atoms in total. The van der Waals surface area contributed by atoms with Crippen LogP contribution in [0, 0.1) is 0 Å². The lowest BCUT2D eigenvalue weighted by atomic mass is 10.0. The molecule has 0 bridgehead atoms. The number of primary amides is 1. The minimum Gasteiger partial charge on any atom is -0.399 e. The van der Waals surface area contributed by atoms with Gasteiger partial charge in [-0.1, -0.05) is 48.5 Å². The second-order valence-corrected chi connectivity index (χ2v) is 5.51. The topological polar surface area (TPSA) is 72.4 Å². The van der Waals surface area contributed by atoms with E-state index in [1.165, 1.54) is 0 Å². The summed E-state index contributed by atoms with van der Waals surface area (Å²) < 4.78 is 0. The zero-order valence-corrected chi connectivity index (χ0v) is 13.2. The van der Waals surface area contributed by atoms with Crippen molar-refractivity contribution >= 4 is 23.0 Å². The minimum absolute atomic E-state index is 0.415. The molecular weight excluding hydrogens is 298 g/mol. The van der Waals surface area contributed by atoms with Crippen molar-refractivity contribution in [2.45, 2.75) is 6.04 Å². The highest BCUT2D eigenvalue weighted by Gasteiger charge is 2.27. The lowest BCUT2D eigenvalue weighted by molar-refractivity contribution is -0.119. The van der Waals surface area contributed by atoms with Gasteiger partial charge in [-0.2, -0.15) is 0 Å². The highest BCUT2D eigenvalue weighted by atomic mass is 16.1. The first-order chi connectivity index (χ1) is 11.7. The van der Waals surface area contributed by atoms with Gasteiger partial charge in [-0.25, -0.2) is 0 Å². The smallest absolute Gasteiger partial charge is 0.245 e. The van der Waals surface area contributed by atoms with Crippen LogP contribution >= 0.6 is 0 Å². The predicted octanol–water partition coefficient (Wildman–Crippen LogP) is 3.63. The van der Waals surface area contributed by atoms with Gasteiger partial charge in [0.2, 0.25) is 5.91 Å². The third-order valence-electron chi connectivity index (χ3n) is 3.85. The van der Waals surface area contributed by atoms with Crippen molar-refractivity contribution in [1.82, 2.24) is 0 Å². The molecule has 1 amide bonds. The Morgan fingerprint density at radius 1 is 0.750 bits per heavy atom. The van der Waals surface area contributed by atoms with E-state index in [0.29, 0.717) is 5.69 Å². The Bertz CT molecular complexity index is 801. The molecule has 0 heterocycles. The van der Waals surface area contributed by atoms with Crippen molar-refractivity contribution < 1.29 is 4.79 Å². The van der Waals surface area contributed by atoms with Crippen molar-refractivity contribution in [1.29, 1.82) is 0 Å². The number of anilines is 3. The molecule has 1 atom stereocenters. The van der Waals surface area contributed by atoms with E-state index in [2.05, 4.69) is 0 Å². The van der Waals surface area contributed by atoms with Crippen LogP contribution in [0.25, 0.3) is 0 Å². The van der Waals surface area contributed by atoms with Gasteiger partial charge in [0.25, 0.3) is 0 Å². The molecule has 1 unspecified atom stereocenters. The van der Waals surface area contributed by atoms with E-state index in [4.69, 9.17) is 11.5 Å². The quantitative estimate of drug-likeness (QED) is 0.706. The van der Waals surface area contributed by atoms with Crippen LogP contribution in [0.1, 0.15) is 11.6 Å². The predicted molar refractivity (Wildman–Crippen MR) is 97.8 cm³/mol. The van der Waals surface area contributed by atoms with Crippen molar-refractivity contribution in [2.75, 3.05) is 10.6 Å². The van der Waals surface area contributed by atoms with Gasteiger partial charge in [0.05, 0.1) is 0 Å². The Hall–Kier alpha value is -3.27. The van der Waals surface area contributed by atoms with E-state index in [0.717, 1.165) is 16.9 Å². The summed E-state index contributed by atoms with van der Waals surface area (Å²) in [5.41, 5.74) is 14.8. The zero-order valence-electron chi connectivity index (χ0n) is 13.2. The van der Waals surface area contributed by atoms with Crippen molar-refractivity contribution in [3.05, 3.63) is 90.5 Å². The van der Waals surface area contributed by atoms with Gasteiger partial charge in [0.1, 0.15) is 6.04 Å². The largest absolute Gasteiger partial charge is 0.399 e. The van der Waals surface area contributed by atoms with Gasteiger partial charge in [-0.15, -0.1) is 0 Å². The fourth-order valence-electron chi connectivity index (χ4n) is 2.75. The Kier molecular flexibility index (Phi) is 4.47. The molecule has 120 valence electrons. The maximum atomic E-state index is 12.3. The van der Waals surface area contributed by atoms with E-state index in [1.54, 1.807) is 0 Å². The second kappa shape index (κ2) is 6.87. The summed E-state index contributed by atoms with van der Waals surface area (Å²) in [6.45, 7) is 0. The molecule has 0 aliphatic carbocycles. The number of rotatable bonds is 5. The van der Waals surface area contributed by atoms with Gasteiger partial charge in [-0.3, -0.25) is 4.79 Å². The summed E-state index contributed by atoms with van der Waals surface area (Å²) in [5.74, 6) is -0.415. The molecule has 3 aromatic carbocycles. The van der Waals surface area contributed by atoms with Gasteiger partial charge in [0.15, 0.2) is 0 Å². The Morgan fingerprint density at radius 2 is 1.25 bits per heavy atom. The molecule has 0 saturated heterocycles. The molecule has 0 radical (unpaired) electrons. The number of hydrogen-bond donors (Lipinski definition) is 2. The average molecular weight is 317 g/mol. The molecule has 0 aliphatic rings. The lowest BCUT2D eigenvalue weighted by Gasteiger charge is -2.32. The number of amides is 1. The molecule has 3 aromatic rings. The molecule has 0 aliphatic heterocycles. The van der Waals surface area contributed by atoms with Crippen LogP contribution in [0.2, 0.25) is 0 Å². The summed E-state index contributed by atoms with van der Waals surface area (Å²) in [6, 6.07) is 26.0. The fraction of sp³-hybridized carbons (Fsp3) is 0.0500. The van der Waals surface area contributed by atoms with Crippen molar-refractivity contribution in [3.8, 4) is 0 Å². The zero-order chi connectivity index (χ0) is 16.9. The second-order valence-electron chi connectivity index (χ2n) is 5.51. The van der Waals surface area contributed by atoms with Crippen LogP contribution in [0.3, 0.4) is 0 Å². The maximum Gasteiger partial charge on any atom is 0.245 e. The monoisotopic (exact) mass is 317 g/mol. The van der Waals surface area contributed by atoms with Crippen molar-refractivity contribution in [3.63, 3.8) is 0 Å². The van der Waals surface area contributed by atoms with Crippen molar-refractivity contribution in [2.24, 2.45) is 5.73 Å². The molecule has 24 heavy (non-hydrogen) atoms. The first kappa shape index (κ1) is 15.6. The molecule has 4 N–H and O–H groups in total. The Morgan fingerprint density at radius 3 is 1.79 bits per heavy atom. The third kappa shape index (κ3) is 3.22.